The van der Waals surface area contributed by atoms with E-state index in [-0.39, 0.29) is 11.7 Å². The van der Waals surface area contributed by atoms with Crippen molar-refractivity contribution >= 4 is 28.2 Å². The van der Waals surface area contributed by atoms with Gasteiger partial charge in [0.15, 0.2) is 0 Å². The first-order valence-corrected chi connectivity index (χ1v) is 8.03. The van der Waals surface area contributed by atoms with E-state index in [0.717, 1.165) is 22.0 Å². The van der Waals surface area contributed by atoms with Gasteiger partial charge in [0.05, 0.1) is 17.4 Å². The van der Waals surface area contributed by atoms with Crippen LogP contribution < -0.4 is 11.1 Å². The van der Waals surface area contributed by atoms with Crippen molar-refractivity contribution in [2.45, 2.75) is 0 Å². The number of rotatable bonds is 3. The summed E-state index contributed by atoms with van der Waals surface area (Å²) < 4.78 is 0. The summed E-state index contributed by atoms with van der Waals surface area (Å²) in [5.74, 6) is -0.0553. The largest absolute Gasteiger partial charge is 0.508 e. The molecule has 26 heavy (non-hydrogen) atoms. The first-order chi connectivity index (χ1) is 12.6. The molecule has 0 spiro atoms. The van der Waals surface area contributed by atoms with Crippen LogP contribution >= 0.6 is 0 Å². The minimum absolute atomic E-state index is 0.180. The molecule has 0 atom stereocenters. The Kier molecular flexibility index (Phi) is 3.78. The second-order valence-electron chi connectivity index (χ2n) is 5.98. The molecule has 0 aliphatic rings. The first kappa shape index (κ1) is 15.7. The lowest BCUT2D eigenvalue weighted by atomic mass is 10.0. The van der Waals surface area contributed by atoms with Crippen LogP contribution in [-0.4, -0.2) is 21.2 Å². The normalized spacial score (nSPS) is 10.8. The molecule has 1 heterocycles. The molecule has 1 amide bonds. The van der Waals surface area contributed by atoms with E-state index in [1.54, 1.807) is 48.7 Å². The van der Waals surface area contributed by atoms with Crippen molar-refractivity contribution in [2.24, 2.45) is 0 Å². The Hall–Kier alpha value is -3.80. The summed E-state index contributed by atoms with van der Waals surface area (Å²) in [6.45, 7) is 0. The Morgan fingerprint density at radius 3 is 2.62 bits per heavy atom. The number of amides is 1. The summed E-state index contributed by atoms with van der Waals surface area (Å²) in [5, 5.41) is 20.5. The summed E-state index contributed by atoms with van der Waals surface area (Å²) in [6.07, 6.45) is 1.67. The number of hydrogen-bond donors (Lipinski definition) is 4. The highest BCUT2D eigenvalue weighted by atomic mass is 16.3. The molecule has 5 N–H and O–H groups in total. The summed E-state index contributed by atoms with van der Waals surface area (Å²) in [6, 6.07) is 17.5. The van der Waals surface area contributed by atoms with Crippen molar-refractivity contribution in [3.63, 3.8) is 0 Å². The molecule has 1 aromatic heterocycles. The predicted molar refractivity (Wildman–Crippen MR) is 102 cm³/mol. The van der Waals surface area contributed by atoms with Gasteiger partial charge in [0, 0.05) is 16.6 Å². The fourth-order valence-electron chi connectivity index (χ4n) is 2.84. The Bertz CT molecular complexity index is 1100. The maximum absolute atomic E-state index is 12.6. The highest BCUT2D eigenvalue weighted by molar-refractivity contribution is 6.09. The van der Waals surface area contributed by atoms with E-state index in [2.05, 4.69) is 15.5 Å². The van der Waals surface area contributed by atoms with E-state index in [1.165, 1.54) is 0 Å². The number of aromatic hydroxyl groups is 1. The fraction of sp³-hybridized carbons (Fsp3) is 0. The molecule has 6 heteroatoms. The standard InChI is InChI=1S/C20H16N4O2/c21-15-6-4-12(5-7-15)20(26)23-18-9-14(10-19-17(18)11-22-24-19)13-2-1-3-16(25)8-13/h1-11,25H,21H2,(H,22,24)(H,23,26). The number of aromatic nitrogens is 2. The van der Waals surface area contributed by atoms with Gasteiger partial charge in [-0.15, -0.1) is 0 Å². The molecule has 0 saturated carbocycles. The lowest BCUT2D eigenvalue weighted by Gasteiger charge is -2.10. The summed E-state index contributed by atoms with van der Waals surface area (Å²) in [5.41, 5.74) is 9.90. The molecule has 6 nitrogen and oxygen atoms in total. The number of phenolic OH excluding ortho intramolecular Hbond substituents is 1. The van der Waals surface area contributed by atoms with E-state index in [4.69, 9.17) is 5.73 Å². The number of carbonyl (C=O) groups is 1. The average molecular weight is 344 g/mol. The van der Waals surface area contributed by atoms with Crippen molar-refractivity contribution < 1.29 is 9.90 Å². The number of benzene rings is 3. The van der Waals surface area contributed by atoms with Crippen molar-refractivity contribution in [1.29, 1.82) is 0 Å². The van der Waals surface area contributed by atoms with Gasteiger partial charge in [-0.2, -0.15) is 5.10 Å². The Labute approximate surface area is 149 Å². The summed E-state index contributed by atoms with van der Waals surface area (Å²) in [7, 11) is 0. The number of phenols is 1. The van der Waals surface area contributed by atoms with Crippen molar-refractivity contribution in [2.75, 3.05) is 11.1 Å². The zero-order valence-electron chi connectivity index (χ0n) is 13.7. The number of nitrogens with one attached hydrogen (secondary N) is 2. The van der Waals surface area contributed by atoms with Gasteiger partial charge in [0.1, 0.15) is 5.75 Å². The van der Waals surface area contributed by atoms with Gasteiger partial charge >= 0.3 is 0 Å². The van der Waals surface area contributed by atoms with Crippen molar-refractivity contribution in [3.05, 3.63) is 72.4 Å². The molecule has 3 aromatic carbocycles. The van der Waals surface area contributed by atoms with Gasteiger partial charge in [-0.1, -0.05) is 12.1 Å². The maximum Gasteiger partial charge on any atom is 0.255 e. The Morgan fingerprint density at radius 1 is 1.04 bits per heavy atom. The molecule has 0 radical (unpaired) electrons. The number of nitrogen functional groups attached to an aromatic ring is 1. The zero-order chi connectivity index (χ0) is 18.1. The molecule has 0 saturated heterocycles. The van der Waals surface area contributed by atoms with Crippen LogP contribution in [0.1, 0.15) is 10.4 Å². The number of carbonyl (C=O) groups excluding carboxylic acids is 1. The van der Waals surface area contributed by atoms with E-state index in [1.807, 2.05) is 18.2 Å². The van der Waals surface area contributed by atoms with Crippen LogP contribution in [0, 0.1) is 0 Å². The third kappa shape index (κ3) is 2.95. The molecule has 0 unspecified atom stereocenters. The fourth-order valence-corrected chi connectivity index (χ4v) is 2.84. The number of fused-ring (bicyclic) bond motifs is 1. The molecule has 0 aliphatic heterocycles. The van der Waals surface area contributed by atoms with Crippen LogP contribution in [-0.2, 0) is 0 Å². The third-order valence-electron chi connectivity index (χ3n) is 4.16. The highest BCUT2D eigenvalue weighted by Gasteiger charge is 2.12. The zero-order valence-corrected chi connectivity index (χ0v) is 13.7. The van der Waals surface area contributed by atoms with Crippen LogP contribution in [0.25, 0.3) is 22.0 Å². The van der Waals surface area contributed by atoms with Gasteiger partial charge in [0.2, 0.25) is 0 Å². The maximum atomic E-state index is 12.6. The SMILES string of the molecule is Nc1ccc(C(=O)Nc2cc(-c3cccc(O)c3)cc3[nH]ncc23)cc1. The van der Waals surface area contributed by atoms with Crippen LogP contribution in [0.4, 0.5) is 11.4 Å². The molecule has 4 aromatic rings. The summed E-state index contributed by atoms with van der Waals surface area (Å²) >= 11 is 0. The molecular weight excluding hydrogens is 328 g/mol. The van der Waals surface area contributed by atoms with Gasteiger partial charge in [0.25, 0.3) is 5.91 Å². The molecule has 4 rings (SSSR count). The second kappa shape index (κ2) is 6.25. The molecular formula is C20H16N4O2. The number of nitrogens with zero attached hydrogens (tertiary/aromatic N) is 1. The van der Waals surface area contributed by atoms with Gasteiger partial charge < -0.3 is 16.2 Å². The number of nitrogens with two attached hydrogens (primary N) is 1. The second-order valence-corrected chi connectivity index (χ2v) is 5.98. The van der Waals surface area contributed by atoms with Crippen molar-refractivity contribution in [1.82, 2.24) is 10.2 Å². The summed E-state index contributed by atoms with van der Waals surface area (Å²) in [4.78, 5) is 12.6. The minimum Gasteiger partial charge on any atom is -0.508 e. The molecule has 0 fully saturated rings. The number of H-pyrrole nitrogens is 1. The third-order valence-corrected chi connectivity index (χ3v) is 4.16. The van der Waals surface area contributed by atoms with Crippen LogP contribution in [0.3, 0.4) is 0 Å². The van der Waals surface area contributed by atoms with Crippen LogP contribution in [0.15, 0.2) is 66.9 Å². The Morgan fingerprint density at radius 2 is 1.85 bits per heavy atom. The van der Waals surface area contributed by atoms with Gasteiger partial charge in [-0.05, 0) is 59.7 Å². The molecule has 0 bridgehead atoms. The smallest absolute Gasteiger partial charge is 0.255 e. The average Bonchev–Trinajstić information content (AvgIpc) is 3.11. The lowest BCUT2D eigenvalue weighted by molar-refractivity contribution is 0.102. The van der Waals surface area contributed by atoms with E-state index in [0.29, 0.717) is 16.9 Å². The monoisotopic (exact) mass is 344 g/mol. The molecule has 128 valence electrons. The lowest BCUT2D eigenvalue weighted by Crippen LogP contribution is -2.12. The van der Waals surface area contributed by atoms with E-state index in [9.17, 15) is 9.90 Å². The number of hydrogen-bond acceptors (Lipinski definition) is 4. The van der Waals surface area contributed by atoms with Gasteiger partial charge in [-0.25, -0.2) is 0 Å². The predicted octanol–water partition coefficient (Wildman–Crippen LogP) is 3.77. The van der Waals surface area contributed by atoms with Crippen LogP contribution in [0.5, 0.6) is 5.75 Å². The number of aromatic amines is 1. The van der Waals surface area contributed by atoms with E-state index < -0.39 is 0 Å². The van der Waals surface area contributed by atoms with Crippen LogP contribution in [0.2, 0.25) is 0 Å². The van der Waals surface area contributed by atoms with Gasteiger partial charge in [-0.3, -0.25) is 9.89 Å². The quantitative estimate of drug-likeness (QED) is 0.425. The van der Waals surface area contributed by atoms with Crippen molar-refractivity contribution in [3.8, 4) is 16.9 Å². The number of anilines is 2. The Balaban J connectivity index is 1.75. The topological polar surface area (TPSA) is 104 Å². The minimum atomic E-state index is -0.236. The first-order valence-electron chi connectivity index (χ1n) is 8.03. The van der Waals surface area contributed by atoms with E-state index >= 15 is 0 Å². The highest BCUT2D eigenvalue weighted by Crippen LogP contribution is 2.31. The molecule has 0 aliphatic carbocycles.